The number of rotatable bonds is 4. The number of cyclic esters (lactones) is 1. The van der Waals surface area contributed by atoms with Crippen molar-refractivity contribution < 1.29 is 19.1 Å². The lowest BCUT2D eigenvalue weighted by molar-refractivity contribution is -0.171. The van der Waals surface area contributed by atoms with Gasteiger partial charge in [-0.15, -0.1) is 11.6 Å². The summed E-state index contributed by atoms with van der Waals surface area (Å²) in [5, 5.41) is 0. The Hall–Kier alpha value is -0.770. The fourth-order valence-corrected chi connectivity index (χ4v) is 1.54. The molecule has 0 unspecified atom stereocenters. The lowest BCUT2D eigenvalue weighted by Gasteiger charge is -2.22. The standard InChI is InChI=1S/C9H13ClO4/c1-2-5-13-8(12)9(6-10)4-3-7(11)14-9/h2-6H2,1H3/t9-/m1/s1. The highest BCUT2D eigenvalue weighted by molar-refractivity contribution is 6.20. The second-order valence-electron chi connectivity index (χ2n) is 3.24. The van der Waals surface area contributed by atoms with Crippen LogP contribution in [0, 0.1) is 0 Å². The largest absolute Gasteiger partial charge is 0.463 e. The van der Waals surface area contributed by atoms with Gasteiger partial charge < -0.3 is 9.47 Å². The van der Waals surface area contributed by atoms with E-state index in [9.17, 15) is 9.59 Å². The van der Waals surface area contributed by atoms with Crippen molar-refractivity contribution in [3.05, 3.63) is 0 Å². The Morgan fingerprint density at radius 3 is 2.86 bits per heavy atom. The minimum absolute atomic E-state index is 0.0404. The minimum atomic E-state index is -1.23. The normalized spacial score (nSPS) is 26.0. The Bertz CT molecular complexity index is 241. The highest BCUT2D eigenvalue weighted by Gasteiger charge is 2.48. The Labute approximate surface area is 87.5 Å². The first-order valence-electron chi connectivity index (χ1n) is 4.59. The van der Waals surface area contributed by atoms with Crippen LogP contribution in [0.3, 0.4) is 0 Å². The Morgan fingerprint density at radius 1 is 1.71 bits per heavy atom. The predicted molar refractivity (Wildman–Crippen MR) is 50.0 cm³/mol. The summed E-state index contributed by atoms with van der Waals surface area (Å²) in [7, 11) is 0. The average molecular weight is 221 g/mol. The van der Waals surface area contributed by atoms with Gasteiger partial charge in [0, 0.05) is 12.8 Å². The first-order valence-corrected chi connectivity index (χ1v) is 5.13. The number of hydrogen-bond donors (Lipinski definition) is 0. The molecule has 1 fully saturated rings. The fraction of sp³-hybridized carbons (Fsp3) is 0.778. The van der Waals surface area contributed by atoms with Crippen LogP contribution in [0.2, 0.25) is 0 Å². The maximum Gasteiger partial charge on any atom is 0.351 e. The third-order valence-corrected chi connectivity index (χ3v) is 2.50. The average Bonchev–Trinajstić information content (AvgIpc) is 2.58. The molecule has 1 heterocycles. The van der Waals surface area contributed by atoms with E-state index in [0.29, 0.717) is 13.0 Å². The van der Waals surface area contributed by atoms with Gasteiger partial charge in [-0.05, 0) is 6.42 Å². The topological polar surface area (TPSA) is 52.6 Å². The molecule has 0 aliphatic carbocycles. The van der Waals surface area contributed by atoms with E-state index in [4.69, 9.17) is 21.1 Å². The van der Waals surface area contributed by atoms with Crippen molar-refractivity contribution >= 4 is 23.5 Å². The lowest BCUT2D eigenvalue weighted by atomic mass is 10.0. The summed E-state index contributed by atoms with van der Waals surface area (Å²) in [6, 6.07) is 0. The van der Waals surface area contributed by atoms with Crippen LogP contribution in [0.4, 0.5) is 0 Å². The zero-order valence-corrected chi connectivity index (χ0v) is 8.80. The van der Waals surface area contributed by atoms with Crippen LogP contribution in [-0.2, 0) is 19.1 Å². The second-order valence-corrected chi connectivity index (χ2v) is 3.51. The summed E-state index contributed by atoms with van der Waals surface area (Å²) in [6.45, 7) is 2.22. The molecule has 5 heteroatoms. The summed E-state index contributed by atoms with van der Waals surface area (Å²) in [5.41, 5.74) is -1.23. The zero-order valence-electron chi connectivity index (χ0n) is 8.05. The predicted octanol–water partition coefficient (Wildman–Crippen LogP) is 1.25. The Balaban J connectivity index is 2.60. The van der Waals surface area contributed by atoms with Crippen molar-refractivity contribution in [2.24, 2.45) is 0 Å². The number of carbonyl (C=O) groups is 2. The number of halogens is 1. The molecular weight excluding hydrogens is 208 g/mol. The molecule has 0 aromatic carbocycles. The van der Waals surface area contributed by atoms with E-state index in [1.165, 1.54) is 0 Å². The first kappa shape index (κ1) is 11.3. The van der Waals surface area contributed by atoms with E-state index in [1.807, 2.05) is 6.92 Å². The molecule has 0 N–H and O–H groups in total. The molecule has 14 heavy (non-hydrogen) atoms. The van der Waals surface area contributed by atoms with Gasteiger partial charge in [-0.25, -0.2) is 4.79 Å². The van der Waals surface area contributed by atoms with Crippen molar-refractivity contribution in [3.8, 4) is 0 Å². The smallest absolute Gasteiger partial charge is 0.351 e. The third kappa shape index (κ3) is 2.18. The fourth-order valence-electron chi connectivity index (χ4n) is 1.24. The quantitative estimate of drug-likeness (QED) is 0.529. The van der Waals surface area contributed by atoms with E-state index >= 15 is 0 Å². The van der Waals surface area contributed by atoms with Gasteiger partial charge >= 0.3 is 11.9 Å². The molecule has 0 spiro atoms. The van der Waals surface area contributed by atoms with E-state index in [2.05, 4.69) is 0 Å². The molecule has 0 saturated carbocycles. The third-order valence-electron chi connectivity index (χ3n) is 2.07. The van der Waals surface area contributed by atoms with Gasteiger partial charge in [-0.1, -0.05) is 6.92 Å². The van der Waals surface area contributed by atoms with Gasteiger partial charge in [0.05, 0.1) is 12.5 Å². The molecule has 1 saturated heterocycles. The molecule has 1 atom stereocenters. The van der Waals surface area contributed by atoms with Crippen LogP contribution in [0.25, 0.3) is 0 Å². The molecular formula is C9H13ClO4. The first-order chi connectivity index (χ1) is 6.64. The number of hydrogen-bond acceptors (Lipinski definition) is 4. The van der Waals surface area contributed by atoms with Gasteiger partial charge in [0.15, 0.2) is 0 Å². The molecule has 4 nitrogen and oxygen atoms in total. The molecule has 0 aromatic heterocycles. The summed E-state index contributed by atoms with van der Waals surface area (Å²) >= 11 is 5.63. The molecule has 80 valence electrons. The number of carbonyl (C=O) groups excluding carboxylic acids is 2. The summed E-state index contributed by atoms with van der Waals surface area (Å²) in [4.78, 5) is 22.4. The van der Waals surface area contributed by atoms with E-state index in [0.717, 1.165) is 6.42 Å². The minimum Gasteiger partial charge on any atom is -0.463 e. The molecule has 1 rings (SSSR count). The van der Waals surface area contributed by atoms with Gasteiger partial charge in [-0.3, -0.25) is 4.79 Å². The van der Waals surface area contributed by atoms with E-state index in [-0.39, 0.29) is 18.3 Å². The molecule has 0 radical (unpaired) electrons. The van der Waals surface area contributed by atoms with Crippen LogP contribution >= 0.6 is 11.6 Å². The Morgan fingerprint density at radius 2 is 2.43 bits per heavy atom. The second kappa shape index (κ2) is 4.64. The maximum atomic E-state index is 11.5. The SMILES string of the molecule is CCCOC(=O)[C@]1(CCl)CCC(=O)O1. The molecule has 1 aliphatic heterocycles. The van der Waals surface area contributed by atoms with Crippen molar-refractivity contribution in [1.29, 1.82) is 0 Å². The molecule has 1 aliphatic rings. The van der Waals surface area contributed by atoms with Crippen molar-refractivity contribution in [3.63, 3.8) is 0 Å². The van der Waals surface area contributed by atoms with Crippen molar-refractivity contribution in [2.45, 2.75) is 31.8 Å². The van der Waals surface area contributed by atoms with Crippen LogP contribution in [0.15, 0.2) is 0 Å². The highest BCUT2D eigenvalue weighted by Crippen LogP contribution is 2.29. The van der Waals surface area contributed by atoms with Crippen LogP contribution in [0.5, 0.6) is 0 Å². The van der Waals surface area contributed by atoms with Crippen molar-refractivity contribution in [1.82, 2.24) is 0 Å². The van der Waals surface area contributed by atoms with Crippen LogP contribution in [-0.4, -0.2) is 30.0 Å². The van der Waals surface area contributed by atoms with Crippen molar-refractivity contribution in [2.75, 3.05) is 12.5 Å². The van der Waals surface area contributed by atoms with Crippen LogP contribution < -0.4 is 0 Å². The Kier molecular flexibility index (Phi) is 3.75. The van der Waals surface area contributed by atoms with Crippen LogP contribution in [0.1, 0.15) is 26.2 Å². The van der Waals surface area contributed by atoms with E-state index < -0.39 is 11.6 Å². The monoisotopic (exact) mass is 220 g/mol. The summed E-state index contributed by atoms with van der Waals surface area (Å²) in [6.07, 6.45) is 1.28. The van der Waals surface area contributed by atoms with Gasteiger partial charge in [0.25, 0.3) is 0 Å². The zero-order chi connectivity index (χ0) is 10.6. The lowest BCUT2D eigenvalue weighted by Crippen LogP contribution is -2.42. The summed E-state index contributed by atoms with van der Waals surface area (Å²) in [5.74, 6) is -0.958. The van der Waals surface area contributed by atoms with E-state index in [1.54, 1.807) is 0 Å². The number of esters is 2. The number of alkyl halides is 1. The van der Waals surface area contributed by atoms with Gasteiger partial charge in [0.1, 0.15) is 0 Å². The van der Waals surface area contributed by atoms with Gasteiger partial charge in [0.2, 0.25) is 5.60 Å². The number of ether oxygens (including phenoxy) is 2. The molecule has 0 bridgehead atoms. The molecule has 0 aromatic rings. The highest BCUT2D eigenvalue weighted by atomic mass is 35.5. The maximum absolute atomic E-state index is 11.5. The van der Waals surface area contributed by atoms with Gasteiger partial charge in [-0.2, -0.15) is 0 Å². The molecule has 0 amide bonds. The summed E-state index contributed by atoms with van der Waals surface area (Å²) < 4.78 is 9.83.